The third-order valence-electron chi connectivity index (χ3n) is 6.24. The van der Waals surface area contributed by atoms with E-state index in [1.54, 1.807) is 42.6 Å². The number of nitrogens with zero attached hydrogens (tertiary/aromatic N) is 5. The highest BCUT2D eigenvalue weighted by Gasteiger charge is 2.27. The van der Waals surface area contributed by atoms with Crippen molar-refractivity contribution in [1.29, 1.82) is 5.26 Å². The lowest BCUT2D eigenvalue weighted by atomic mass is 10.0. The molecule has 2 aromatic heterocycles. The monoisotopic (exact) mass is 486 g/mol. The third-order valence-corrected chi connectivity index (χ3v) is 6.24. The molecule has 1 fully saturated rings. The van der Waals surface area contributed by atoms with Crippen LogP contribution in [0.5, 0.6) is 0 Å². The van der Waals surface area contributed by atoms with Crippen LogP contribution in [0.1, 0.15) is 27.2 Å². The number of aromatic amines is 1. The number of aromatic nitrogens is 3. The summed E-state index contributed by atoms with van der Waals surface area (Å²) in [5.74, 6) is -2.42. The van der Waals surface area contributed by atoms with Gasteiger partial charge in [-0.1, -0.05) is 18.2 Å². The van der Waals surface area contributed by atoms with Crippen LogP contribution in [-0.2, 0) is 6.42 Å². The molecule has 36 heavy (non-hydrogen) atoms. The number of piperazine rings is 1. The molecule has 1 amide bonds. The summed E-state index contributed by atoms with van der Waals surface area (Å²) in [6.45, 7) is 1.32. The van der Waals surface area contributed by atoms with Gasteiger partial charge in [0, 0.05) is 44.2 Å². The van der Waals surface area contributed by atoms with Crippen molar-refractivity contribution < 1.29 is 13.6 Å². The average Bonchev–Trinajstić information content (AvgIpc) is 2.92. The molecule has 3 heterocycles. The number of benzene rings is 2. The smallest absolute Gasteiger partial charge is 0.272 e. The van der Waals surface area contributed by atoms with Gasteiger partial charge in [-0.05, 0) is 35.9 Å². The zero-order chi connectivity index (χ0) is 25.2. The van der Waals surface area contributed by atoms with Crippen LogP contribution in [0, 0.1) is 23.0 Å². The van der Waals surface area contributed by atoms with Gasteiger partial charge in [0.05, 0.1) is 22.2 Å². The lowest BCUT2D eigenvalue weighted by Gasteiger charge is -2.35. The van der Waals surface area contributed by atoms with E-state index in [0.29, 0.717) is 46.5 Å². The Morgan fingerprint density at radius 3 is 2.56 bits per heavy atom. The number of fused-ring (bicyclic) bond motifs is 1. The molecule has 0 spiro atoms. The summed E-state index contributed by atoms with van der Waals surface area (Å²) in [7, 11) is 0. The molecule has 1 saturated heterocycles. The Morgan fingerprint density at radius 1 is 1.06 bits per heavy atom. The van der Waals surface area contributed by atoms with Gasteiger partial charge in [-0.3, -0.25) is 9.59 Å². The first kappa shape index (κ1) is 23.1. The second kappa shape index (κ2) is 9.54. The van der Waals surface area contributed by atoms with Crippen LogP contribution in [-0.4, -0.2) is 52.2 Å². The number of halogens is 2. The van der Waals surface area contributed by atoms with Crippen LogP contribution in [0.4, 0.5) is 14.6 Å². The molecule has 5 rings (SSSR count). The lowest BCUT2D eigenvalue weighted by molar-refractivity contribution is 0.0740. The summed E-state index contributed by atoms with van der Waals surface area (Å²) in [5.41, 5.74) is 0.561. The van der Waals surface area contributed by atoms with Gasteiger partial charge < -0.3 is 9.80 Å². The van der Waals surface area contributed by atoms with Crippen molar-refractivity contribution >= 4 is 22.5 Å². The minimum Gasteiger partial charge on any atom is -0.352 e. The molecule has 0 saturated carbocycles. The van der Waals surface area contributed by atoms with E-state index in [2.05, 4.69) is 21.3 Å². The Balaban J connectivity index is 1.38. The summed E-state index contributed by atoms with van der Waals surface area (Å²) >= 11 is 0. The Labute approximate surface area is 204 Å². The first-order chi connectivity index (χ1) is 17.5. The van der Waals surface area contributed by atoms with Crippen LogP contribution >= 0.6 is 0 Å². The second-order valence-corrected chi connectivity index (χ2v) is 8.43. The van der Waals surface area contributed by atoms with Crippen LogP contribution < -0.4 is 10.5 Å². The van der Waals surface area contributed by atoms with Gasteiger partial charge in [0.1, 0.15) is 11.9 Å². The summed E-state index contributed by atoms with van der Waals surface area (Å²) in [6.07, 6.45) is 1.69. The van der Waals surface area contributed by atoms with Crippen molar-refractivity contribution in [2.24, 2.45) is 0 Å². The number of H-pyrrole nitrogens is 1. The van der Waals surface area contributed by atoms with Crippen LogP contribution in [0.2, 0.25) is 0 Å². The highest BCUT2D eigenvalue weighted by Crippen LogP contribution is 2.23. The number of amides is 1. The number of rotatable bonds is 4. The normalized spacial score (nSPS) is 13.6. The Kier molecular flexibility index (Phi) is 6.12. The number of carbonyl (C=O) groups excluding carboxylic acids is 1. The van der Waals surface area contributed by atoms with E-state index in [4.69, 9.17) is 0 Å². The fraction of sp³-hybridized carbons (Fsp3) is 0.192. The van der Waals surface area contributed by atoms with Crippen LogP contribution in [0.25, 0.3) is 10.8 Å². The molecule has 1 aliphatic heterocycles. The largest absolute Gasteiger partial charge is 0.352 e. The predicted octanol–water partition coefficient (Wildman–Crippen LogP) is 3.02. The van der Waals surface area contributed by atoms with Crippen LogP contribution in [0.3, 0.4) is 0 Å². The third kappa shape index (κ3) is 4.27. The van der Waals surface area contributed by atoms with E-state index in [-0.39, 0.29) is 30.6 Å². The summed E-state index contributed by atoms with van der Waals surface area (Å²) in [4.78, 5) is 32.8. The van der Waals surface area contributed by atoms with E-state index in [9.17, 15) is 23.6 Å². The molecule has 0 unspecified atom stereocenters. The number of nitriles is 1. The van der Waals surface area contributed by atoms with Gasteiger partial charge in [-0.15, -0.1) is 0 Å². The molecular formula is C26H20F2N6O2. The fourth-order valence-electron chi connectivity index (χ4n) is 4.43. The molecule has 0 radical (unpaired) electrons. The highest BCUT2D eigenvalue weighted by atomic mass is 19.2. The van der Waals surface area contributed by atoms with E-state index < -0.39 is 17.5 Å². The van der Waals surface area contributed by atoms with Crippen molar-refractivity contribution in [3.63, 3.8) is 0 Å². The van der Waals surface area contributed by atoms with Crippen molar-refractivity contribution in [2.45, 2.75) is 6.42 Å². The maximum Gasteiger partial charge on any atom is 0.272 e. The number of nitrogens with one attached hydrogen (secondary N) is 1. The first-order valence-electron chi connectivity index (χ1n) is 11.3. The molecule has 4 aromatic rings. The first-order valence-corrected chi connectivity index (χ1v) is 11.3. The molecular weight excluding hydrogens is 466 g/mol. The fourth-order valence-corrected chi connectivity index (χ4v) is 4.43. The van der Waals surface area contributed by atoms with Gasteiger partial charge >= 0.3 is 0 Å². The maximum absolute atomic E-state index is 14.7. The molecule has 1 aliphatic rings. The molecule has 8 nitrogen and oxygen atoms in total. The van der Waals surface area contributed by atoms with E-state index in [0.717, 1.165) is 6.07 Å². The van der Waals surface area contributed by atoms with E-state index in [1.807, 2.05) is 4.90 Å². The zero-order valence-electron chi connectivity index (χ0n) is 19.0. The minimum absolute atomic E-state index is 0.0964. The second-order valence-electron chi connectivity index (χ2n) is 8.43. The standard InChI is InChI=1S/C26H20F2N6O2/c27-21-13-16(14-22-18-5-1-2-6-19(18)25(35)32-31-22)12-20(23(21)28)26(36)34-10-8-33(9-11-34)24-17(15-29)4-3-7-30-24/h1-7,12-13H,8-11,14H2,(H,32,35). The number of hydrogen-bond donors (Lipinski definition) is 1. The van der Waals surface area contributed by atoms with E-state index >= 15 is 0 Å². The summed E-state index contributed by atoms with van der Waals surface area (Å²) in [5, 5.41) is 16.9. The van der Waals surface area contributed by atoms with Crippen LogP contribution in [0.15, 0.2) is 59.5 Å². The summed E-state index contributed by atoms with van der Waals surface area (Å²) in [6, 6.07) is 14.7. The Morgan fingerprint density at radius 2 is 1.81 bits per heavy atom. The minimum atomic E-state index is -1.21. The molecule has 180 valence electrons. The van der Waals surface area contributed by atoms with Gasteiger partial charge in [0.25, 0.3) is 11.5 Å². The lowest BCUT2D eigenvalue weighted by Crippen LogP contribution is -2.49. The summed E-state index contributed by atoms with van der Waals surface area (Å²) < 4.78 is 29.3. The van der Waals surface area contributed by atoms with Gasteiger partial charge in [0.15, 0.2) is 11.6 Å². The average molecular weight is 486 g/mol. The molecule has 0 atom stereocenters. The number of hydrogen-bond acceptors (Lipinski definition) is 6. The predicted molar refractivity (Wildman–Crippen MR) is 129 cm³/mol. The van der Waals surface area contributed by atoms with Crippen molar-refractivity contribution in [1.82, 2.24) is 20.1 Å². The molecule has 0 bridgehead atoms. The van der Waals surface area contributed by atoms with Crippen molar-refractivity contribution in [3.8, 4) is 6.07 Å². The SMILES string of the molecule is N#Cc1cccnc1N1CCN(C(=O)c2cc(Cc3n[nH]c(=O)c4ccccc34)cc(F)c2F)CC1. The Bertz CT molecular complexity index is 1570. The van der Waals surface area contributed by atoms with Gasteiger partial charge in [-0.25, -0.2) is 18.9 Å². The molecule has 1 N–H and O–H groups in total. The van der Waals surface area contributed by atoms with Gasteiger partial charge in [-0.2, -0.15) is 10.4 Å². The Hall–Kier alpha value is -4.65. The molecule has 0 aliphatic carbocycles. The highest BCUT2D eigenvalue weighted by molar-refractivity contribution is 5.95. The topological polar surface area (TPSA) is 106 Å². The quantitative estimate of drug-likeness (QED) is 0.475. The van der Waals surface area contributed by atoms with Crippen molar-refractivity contribution in [3.05, 3.63) is 99.1 Å². The maximum atomic E-state index is 14.7. The number of pyridine rings is 1. The molecule has 10 heteroatoms. The van der Waals surface area contributed by atoms with Gasteiger partial charge in [0.2, 0.25) is 0 Å². The molecule has 2 aromatic carbocycles. The number of carbonyl (C=O) groups is 1. The van der Waals surface area contributed by atoms with Crippen molar-refractivity contribution in [2.75, 3.05) is 31.1 Å². The van der Waals surface area contributed by atoms with E-state index in [1.165, 1.54) is 11.0 Å². The zero-order valence-corrected chi connectivity index (χ0v) is 19.0. The number of anilines is 1.